The van der Waals surface area contributed by atoms with E-state index in [4.69, 9.17) is 0 Å². The van der Waals surface area contributed by atoms with Gasteiger partial charge in [-0.1, -0.05) is 13.8 Å². The van der Waals surface area contributed by atoms with Gasteiger partial charge in [0.25, 0.3) is 0 Å². The Hall–Kier alpha value is -0.820. The van der Waals surface area contributed by atoms with Gasteiger partial charge in [-0.05, 0) is 99.2 Å². The van der Waals surface area contributed by atoms with E-state index in [0.717, 1.165) is 18.4 Å². The Morgan fingerprint density at radius 2 is 1.40 bits per heavy atom. The summed E-state index contributed by atoms with van der Waals surface area (Å²) in [4.78, 5) is 0. The largest absolute Gasteiger partial charge is 0.310 e. The van der Waals surface area contributed by atoms with Crippen LogP contribution in [0, 0.1) is 46.5 Å². The Kier molecular flexibility index (Phi) is 4.59. The molecule has 1 aliphatic carbocycles. The second kappa shape index (κ2) is 5.89. The second-order valence-corrected chi connectivity index (χ2v) is 6.85. The van der Waals surface area contributed by atoms with Gasteiger partial charge in [0.2, 0.25) is 0 Å². The summed E-state index contributed by atoms with van der Waals surface area (Å²) in [6, 6.07) is 0.558. The van der Waals surface area contributed by atoms with Gasteiger partial charge in [0.1, 0.15) is 0 Å². The molecule has 3 unspecified atom stereocenters. The first-order chi connectivity index (χ1) is 9.40. The molecule has 1 N–H and O–H groups in total. The zero-order chi connectivity index (χ0) is 15.0. The van der Waals surface area contributed by atoms with Crippen LogP contribution in [0.1, 0.15) is 66.1 Å². The van der Waals surface area contributed by atoms with Gasteiger partial charge in [0, 0.05) is 6.04 Å². The van der Waals surface area contributed by atoms with E-state index in [1.54, 1.807) is 5.56 Å². The minimum absolute atomic E-state index is 0.558. The average molecular weight is 273 g/mol. The number of benzene rings is 1. The molecule has 20 heavy (non-hydrogen) atoms. The SMILES string of the molecule is CCCNC(c1c(C)c(C)c(C)c(C)c1C)C1CC1C. The van der Waals surface area contributed by atoms with Gasteiger partial charge in [-0.15, -0.1) is 0 Å². The van der Waals surface area contributed by atoms with Gasteiger partial charge in [0.15, 0.2) is 0 Å². The van der Waals surface area contributed by atoms with Gasteiger partial charge in [-0.3, -0.25) is 0 Å². The third-order valence-electron chi connectivity index (χ3n) is 5.58. The van der Waals surface area contributed by atoms with Gasteiger partial charge in [-0.2, -0.15) is 0 Å². The van der Waals surface area contributed by atoms with Gasteiger partial charge < -0.3 is 5.32 Å². The fraction of sp³-hybridized carbons (Fsp3) is 0.684. The highest BCUT2D eigenvalue weighted by Crippen LogP contribution is 2.49. The van der Waals surface area contributed by atoms with E-state index in [1.165, 1.54) is 40.7 Å². The van der Waals surface area contributed by atoms with E-state index < -0.39 is 0 Å². The molecule has 0 amide bonds. The van der Waals surface area contributed by atoms with Crippen molar-refractivity contribution in [2.75, 3.05) is 6.54 Å². The van der Waals surface area contributed by atoms with Crippen LogP contribution in [0.5, 0.6) is 0 Å². The van der Waals surface area contributed by atoms with Crippen molar-refractivity contribution in [3.05, 3.63) is 33.4 Å². The number of rotatable bonds is 5. The molecular formula is C19H31N. The summed E-state index contributed by atoms with van der Waals surface area (Å²) in [5, 5.41) is 3.83. The van der Waals surface area contributed by atoms with E-state index in [1.807, 2.05) is 0 Å². The maximum Gasteiger partial charge on any atom is 0.0356 e. The van der Waals surface area contributed by atoms with Gasteiger partial charge >= 0.3 is 0 Å². The normalized spacial score (nSPS) is 22.9. The molecule has 1 aromatic carbocycles. The van der Waals surface area contributed by atoms with Crippen molar-refractivity contribution in [3.63, 3.8) is 0 Å². The van der Waals surface area contributed by atoms with Crippen molar-refractivity contribution in [1.82, 2.24) is 5.32 Å². The summed E-state index contributed by atoms with van der Waals surface area (Å²) in [5.74, 6) is 1.71. The van der Waals surface area contributed by atoms with E-state index in [2.05, 4.69) is 53.8 Å². The summed E-state index contributed by atoms with van der Waals surface area (Å²) in [6.07, 6.45) is 2.59. The molecule has 112 valence electrons. The predicted molar refractivity (Wildman–Crippen MR) is 88.4 cm³/mol. The molecule has 1 fully saturated rings. The van der Waals surface area contributed by atoms with Crippen molar-refractivity contribution in [2.45, 2.75) is 67.3 Å². The highest BCUT2D eigenvalue weighted by molar-refractivity contribution is 5.51. The maximum absolute atomic E-state index is 3.83. The first-order valence-electron chi connectivity index (χ1n) is 8.20. The quantitative estimate of drug-likeness (QED) is 0.802. The molecule has 0 spiro atoms. The molecular weight excluding hydrogens is 242 g/mol. The first kappa shape index (κ1) is 15.6. The van der Waals surface area contributed by atoms with Crippen molar-refractivity contribution in [1.29, 1.82) is 0 Å². The van der Waals surface area contributed by atoms with Crippen LogP contribution >= 0.6 is 0 Å². The Morgan fingerprint density at radius 3 is 1.80 bits per heavy atom. The number of hydrogen-bond donors (Lipinski definition) is 1. The standard InChI is InChI=1S/C19H31N/c1-8-9-20-19(17-10-11(17)2)18-15(6)13(4)12(3)14(5)16(18)7/h11,17,19-20H,8-10H2,1-7H3. The molecule has 1 aromatic rings. The zero-order valence-corrected chi connectivity index (χ0v) is 14.4. The van der Waals surface area contributed by atoms with Crippen molar-refractivity contribution in [3.8, 4) is 0 Å². The lowest BCUT2D eigenvalue weighted by Crippen LogP contribution is -2.26. The minimum atomic E-state index is 0.558. The van der Waals surface area contributed by atoms with E-state index in [0.29, 0.717) is 6.04 Å². The van der Waals surface area contributed by atoms with Crippen LogP contribution in [0.15, 0.2) is 0 Å². The van der Waals surface area contributed by atoms with Crippen LogP contribution in [0.2, 0.25) is 0 Å². The Morgan fingerprint density at radius 1 is 0.950 bits per heavy atom. The number of hydrogen-bond acceptors (Lipinski definition) is 1. The third kappa shape index (κ3) is 2.65. The Labute approximate surface area is 125 Å². The Balaban J connectivity index is 2.47. The monoisotopic (exact) mass is 273 g/mol. The van der Waals surface area contributed by atoms with E-state index in [-0.39, 0.29) is 0 Å². The first-order valence-corrected chi connectivity index (χ1v) is 8.20. The fourth-order valence-electron chi connectivity index (χ4n) is 3.58. The molecule has 0 radical (unpaired) electrons. The van der Waals surface area contributed by atoms with E-state index >= 15 is 0 Å². The summed E-state index contributed by atoms with van der Waals surface area (Å²) in [5.41, 5.74) is 9.06. The predicted octanol–water partition coefficient (Wildman–Crippen LogP) is 4.93. The van der Waals surface area contributed by atoms with Crippen LogP contribution in [0.3, 0.4) is 0 Å². The van der Waals surface area contributed by atoms with Crippen LogP contribution in [0.4, 0.5) is 0 Å². The van der Waals surface area contributed by atoms with Crippen molar-refractivity contribution >= 4 is 0 Å². The summed E-state index contributed by atoms with van der Waals surface area (Å²) in [6.45, 7) is 17.2. The lowest BCUT2D eigenvalue weighted by molar-refractivity contribution is 0.459. The average Bonchev–Trinajstić information content (AvgIpc) is 3.14. The lowest BCUT2D eigenvalue weighted by atomic mass is 9.84. The van der Waals surface area contributed by atoms with Gasteiger partial charge in [-0.25, -0.2) is 0 Å². The van der Waals surface area contributed by atoms with Crippen LogP contribution in [-0.2, 0) is 0 Å². The zero-order valence-electron chi connectivity index (χ0n) is 14.4. The highest BCUT2D eigenvalue weighted by atomic mass is 14.9. The molecule has 2 rings (SSSR count). The molecule has 1 nitrogen and oxygen atoms in total. The fourth-order valence-corrected chi connectivity index (χ4v) is 3.58. The van der Waals surface area contributed by atoms with Crippen LogP contribution in [-0.4, -0.2) is 6.54 Å². The maximum atomic E-state index is 3.83. The summed E-state index contributed by atoms with van der Waals surface area (Å²) >= 11 is 0. The van der Waals surface area contributed by atoms with Crippen LogP contribution < -0.4 is 5.32 Å². The molecule has 0 aromatic heterocycles. The molecule has 0 bridgehead atoms. The summed E-state index contributed by atoms with van der Waals surface area (Å²) in [7, 11) is 0. The number of nitrogens with one attached hydrogen (secondary N) is 1. The Bertz CT molecular complexity index is 472. The molecule has 0 saturated heterocycles. The molecule has 3 atom stereocenters. The molecule has 1 saturated carbocycles. The van der Waals surface area contributed by atoms with Crippen LogP contribution in [0.25, 0.3) is 0 Å². The van der Waals surface area contributed by atoms with Crippen molar-refractivity contribution < 1.29 is 0 Å². The molecule has 1 aliphatic rings. The van der Waals surface area contributed by atoms with Crippen molar-refractivity contribution in [2.24, 2.45) is 11.8 Å². The highest BCUT2D eigenvalue weighted by Gasteiger charge is 2.41. The topological polar surface area (TPSA) is 12.0 Å². The minimum Gasteiger partial charge on any atom is -0.310 e. The molecule has 0 heterocycles. The van der Waals surface area contributed by atoms with Gasteiger partial charge in [0.05, 0.1) is 0 Å². The molecule has 1 heteroatoms. The second-order valence-electron chi connectivity index (χ2n) is 6.85. The third-order valence-corrected chi connectivity index (χ3v) is 5.58. The molecule has 0 aliphatic heterocycles. The lowest BCUT2D eigenvalue weighted by Gasteiger charge is -2.27. The smallest absolute Gasteiger partial charge is 0.0356 e. The summed E-state index contributed by atoms with van der Waals surface area (Å²) < 4.78 is 0. The van der Waals surface area contributed by atoms with E-state index in [9.17, 15) is 0 Å².